The molecule has 0 unspecified atom stereocenters. The van der Waals surface area contributed by atoms with E-state index in [1.54, 1.807) is 0 Å². The number of likely N-dealkylation sites (tertiary alicyclic amines) is 1. The Morgan fingerprint density at radius 1 is 1.25 bits per heavy atom. The second kappa shape index (κ2) is 5.55. The van der Waals surface area contributed by atoms with Gasteiger partial charge in [0.2, 0.25) is 0 Å². The van der Waals surface area contributed by atoms with Crippen LogP contribution in [-0.2, 0) is 0 Å². The van der Waals surface area contributed by atoms with Crippen molar-refractivity contribution < 1.29 is 4.79 Å². The van der Waals surface area contributed by atoms with Gasteiger partial charge >= 0.3 is 6.03 Å². The van der Waals surface area contributed by atoms with Gasteiger partial charge in [0.1, 0.15) is 0 Å². The lowest BCUT2D eigenvalue weighted by atomic mass is 9.83. The summed E-state index contributed by atoms with van der Waals surface area (Å²) in [4.78, 5) is 13.8. The summed E-state index contributed by atoms with van der Waals surface area (Å²) in [5, 5.41) is 3.05. The highest BCUT2D eigenvalue weighted by molar-refractivity contribution is 5.74. The molecular formula is C13H24N2O. The molecule has 2 fully saturated rings. The summed E-state index contributed by atoms with van der Waals surface area (Å²) in [5.74, 6) is 1.68. The van der Waals surface area contributed by atoms with Gasteiger partial charge in [-0.3, -0.25) is 0 Å². The fourth-order valence-corrected chi connectivity index (χ4v) is 2.49. The second-order valence-electron chi connectivity index (χ2n) is 5.49. The van der Waals surface area contributed by atoms with Crippen LogP contribution >= 0.6 is 0 Å². The van der Waals surface area contributed by atoms with E-state index in [2.05, 4.69) is 12.2 Å². The van der Waals surface area contributed by atoms with Crippen molar-refractivity contribution in [2.45, 2.75) is 45.4 Å². The van der Waals surface area contributed by atoms with Gasteiger partial charge in [-0.25, -0.2) is 4.79 Å². The number of carbonyl (C=O) groups excluding carboxylic acids is 1. The number of carbonyl (C=O) groups is 1. The SMILES string of the molecule is CC1CCN(C(=O)NCCC2CCC2)CC1. The molecule has 92 valence electrons. The number of rotatable bonds is 3. The van der Waals surface area contributed by atoms with Gasteiger partial charge in [-0.15, -0.1) is 0 Å². The molecular weight excluding hydrogens is 200 g/mol. The molecule has 0 aromatic carbocycles. The van der Waals surface area contributed by atoms with Crippen LogP contribution < -0.4 is 5.32 Å². The molecule has 0 aromatic heterocycles. The molecule has 1 aliphatic heterocycles. The standard InChI is InChI=1S/C13H24N2O/c1-11-6-9-15(10-7-11)13(16)14-8-5-12-3-2-4-12/h11-12H,2-10H2,1H3,(H,14,16). The topological polar surface area (TPSA) is 32.3 Å². The fraction of sp³-hybridized carbons (Fsp3) is 0.923. The first-order valence-electron chi connectivity index (χ1n) is 6.78. The van der Waals surface area contributed by atoms with Crippen molar-refractivity contribution in [1.29, 1.82) is 0 Å². The van der Waals surface area contributed by atoms with Crippen LogP contribution in [0.15, 0.2) is 0 Å². The maximum absolute atomic E-state index is 11.8. The summed E-state index contributed by atoms with van der Waals surface area (Å²) < 4.78 is 0. The Morgan fingerprint density at radius 2 is 1.94 bits per heavy atom. The Balaban J connectivity index is 1.59. The lowest BCUT2D eigenvalue weighted by Crippen LogP contribution is -2.44. The summed E-state index contributed by atoms with van der Waals surface area (Å²) in [6.07, 6.45) is 7.64. The predicted octanol–water partition coefficient (Wildman–Crippen LogP) is 2.62. The van der Waals surface area contributed by atoms with Crippen molar-refractivity contribution in [2.75, 3.05) is 19.6 Å². The Hall–Kier alpha value is -0.730. The lowest BCUT2D eigenvalue weighted by molar-refractivity contribution is 0.172. The van der Waals surface area contributed by atoms with Crippen molar-refractivity contribution >= 4 is 6.03 Å². The average molecular weight is 224 g/mol. The molecule has 1 aliphatic carbocycles. The Labute approximate surface area is 98.6 Å². The fourth-order valence-electron chi connectivity index (χ4n) is 2.49. The zero-order chi connectivity index (χ0) is 11.4. The zero-order valence-corrected chi connectivity index (χ0v) is 10.4. The van der Waals surface area contributed by atoms with Crippen LogP contribution in [-0.4, -0.2) is 30.6 Å². The van der Waals surface area contributed by atoms with E-state index in [4.69, 9.17) is 0 Å². The summed E-state index contributed by atoms with van der Waals surface area (Å²) in [7, 11) is 0. The second-order valence-corrected chi connectivity index (χ2v) is 5.49. The number of hydrogen-bond acceptors (Lipinski definition) is 1. The molecule has 0 spiro atoms. The molecule has 0 aromatic rings. The summed E-state index contributed by atoms with van der Waals surface area (Å²) >= 11 is 0. The smallest absolute Gasteiger partial charge is 0.317 e. The molecule has 1 heterocycles. The number of urea groups is 1. The predicted molar refractivity (Wildman–Crippen MR) is 65.3 cm³/mol. The highest BCUT2D eigenvalue weighted by atomic mass is 16.2. The molecule has 0 bridgehead atoms. The maximum atomic E-state index is 11.8. The van der Waals surface area contributed by atoms with Gasteiger partial charge in [-0.2, -0.15) is 0 Å². The van der Waals surface area contributed by atoms with Crippen LogP contribution in [0.4, 0.5) is 4.79 Å². The Morgan fingerprint density at radius 3 is 2.50 bits per heavy atom. The molecule has 2 aliphatic rings. The number of nitrogens with one attached hydrogen (secondary N) is 1. The van der Waals surface area contributed by atoms with Gasteiger partial charge in [0.05, 0.1) is 0 Å². The monoisotopic (exact) mass is 224 g/mol. The molecule has 1 N–H and O–H groups in total. The average Bonchev–Trinajstić information content (AvgIpc) is 2.22. The first kappa shape index (κ1) is 11.7. The minimum absolute atomic E-state index is 0.159. The van der Waals surface area contributed by atoms with E-state index in [0.29, 0.717) is 0 Å². The third-order valence-electron chi connectivity index (χ3n) is 4.12. The van der Waals surface area contributed by atoms with Gasteiger partial charge in [-0.05, 0) is 31.1 Å². The van der Waals surface area contributed by atoms with E-state index in [1.807, 2.05) is 4.90 Å². The van der Waals surface area contributed by atoms with E-state index in [-0.39, 0.29) is 6.03 Å². The maximum Gasteiger partial charge on any atom is 0.317 e. The Kier molecular flexibility index (Phi) is 4.08. The molecule has 3 nitrogen and oxygen atoms in total. The van der Waals surface area contributed by atoms with Crippen LogP contribution in [0.25, 0.3) is 0 Å². The minimum Gasteiger partial charge on any atom is -0.338 e. The largest absolute Gasteiger partial charge is 0.338 e. The molecule has 1 saturated heterocycles. The highest BCUT2D eigenvalue weighted by Crippen LogP contribution is 2.28. The van der Waals surface area contributed by atoms with Crippen molar-refractivity contribution in [2.24, 2.45) is 11.8 Å². The molecule has 3 heteroatoms. The van der Waals surface area contributed by atoms with Gasteiger partial charge in [-0.1, -0.05) is 26.2 Å². The lowest BCUT2D eigenvalue weighted by Gasteiger charge is -2.31. The highest BCUT2D eigenvalue weighted by Gasteiger charge is 2.21. The van der Waals surface area contributed by atoms with E-state index < -0.39 is 0 Å². The van der Waals surface area contributed by atoms with Crippen LogP contribution in [0.1, 0.15) is 45.4 Å². The summed E-state index contributed by atoms with van der Waals surface area (Å²) in [5.41, 5.74) is 0. The van der Waals surface area contributed by atoms with Crippen molar-refractivity contribution in [3.8, 4) is 0 Å². The number of hydrogen-bond donors (Lipinski definition) is 1. The van der Waals surface area contributed by atoms with E-state index in [1.165, 1.54) is 25.7 Å². The third-order valence-corrected chi connectivity index (χ3v) is 4.12. The van der Waals surface area contributed by atoms with E-state index in [9.17, 15) is 4.79 Å². The van der Waals surface area contributed by atoms with Crippen molar-refractivity contribution in [3.63, 3.8) is 0 Å². The van der Waals surface area contributed by atoms with Crippen molar-refractivity contribution in [1.82, 2.24) is 10.2 Å². The van der Waals surface area contributed by atoms with Gasteiger partial charge < -0.3 is 10.2 Å². The number of amides is 2. The van der Waals surface area contributed by atoms with Gasteiger partial charge in [0.25, 0.3) is 0 Å². The quantitative estimate of drug-likeness (QED) is 0.785. The van der Waals surface area contributed by atoms with Crippen LogP contribution in [0.2, 0.25) is 0 Å². The van der Waals surface area contributed by atoms with Gasteiger partial charge in [0, 0.05) is 19.6 Å². The molecule has 0 radical (unpaired) electrons. The number of nitrogens with zero attached hydrogens (tertiary/aromatic N) is 1. The van der Waals surface area contributed by atoms with Crippen LogP contribution in [0.5, 0.6) is 0 Å². The molecule has 1 saturated carbocycles. The molecule has 2 amide bonds. The zero-order valence-electron chi connectivity index (χ0n) is 10.4. The van der Waals surface area contributed by atoms with Crippen LogP contribution in [0, 0.1) is 11.8 Å². The summed E-state index contributed by atoms with van der Waals surface area (Å²) in [6, 6.07) is 0.159. The minimum atomic E-state index is 0.159. The molecule has 0 atom stereocenters. The first-order chi connectivity index (χ1) is 7.75. The van der Waals surface area contributed by atoms with E-state index >= 15 is 0 Å². The van der Waals surface area contributed by atoms with Crippen molar-refractivity contribution in [3.05, 3.63) is 0 Å². The number of piperidine rings is 1. The van der Waals surface area contributed by atoms with Crippen LogP contribution in [0.3, 0.4) is 0 Å². The van der Waals surface area contributed by atoms with E-state index in [0.717, 1.165) is 44.3 Å². The molecule has 2 rings (SSSR count). The summed E-state index contributed by atoms with van der Waals surface area (Å²) in [6.45, 7) is 5.02. The first-order valence-corrected chi connectivity index (χ1v) is 6.78. The third kappa shape index (κ3) is 3.13. The normalized spacial score (nSPS) is 22.9. The van der Waals surface area contributed by atoms with Gasteiger partial charge in [0.15, 0.2) is 0 Å². The Bertz CT molecular complexity index is 230. The molecule has 16 heavy (non-hydrogen) atoms.